The Labute approximate surface area is 130 Å². The minimum Gasteiger partial charge on any atom is -0.493 e. The van der Waals surface area contributed by atoms with Crippen LogP contribution >= 0.6 is 0 Å². The van der Waals surface area contributed by atoms with Crippen molar-refractivity contribution in [2.75, 3.05) is 27.3 Å². The quantitative estimate of drug-likeness (QED) is 0.621. The van der Waals surface area contributed by atoms with E-state index in [9.17, 15) is 0 Å². The molecule has 0 saturated heterocycles. The first kappa shape index (κ1) is 15.6. The molecule has 1 aliphatic rings. The first-order valence-corrected chi connectivity index (χ1v) is 6.91. The highest BCUT2D eigenvalue weighted by atomic mass is 16.5. The number of nitrogens with one attached hydrogen (secondary N) is 2. The van der Waals surface area contributed by atoms with Crippen LogP contribution < -0.4 is 20.2 Å². The number of benzene rings is 1. The second-order valence-corrected chi connectivity index (χ2v) is 4.46. The van der Waals surface area contributed by atoms with E-state index in [4.69, 9.17) is 9.47 Å². The van der Waals surface area contributed by atoms with Crippen molar-refractivity contribution < 1.29 is 9.47 Å². The van der Waals surface area contributed by atoms with Crippen LogP contribution in [0.2, 0.25) is 0 Å². The third-order valence-electron chi connectivity index (χ3n) is 3.03. The largest absolute Gasteiger partial charge is 0.493 e. The van der Waals surface area contributed by atoms with Crippen molar-refractivity contribution in [3.63, 3.8) is 0 Å². The molecule has 1 aromatic rings. The maximum atomic E-state index is 5.28. The summed E-state index contributed by atoms with van der Waals surface area (Å²) in [6.07, 6.45) is 5.45. The van der Waals surface area contributed by atoms with Crippen LogP contribution in [0, 0.1) is 0 Å². The number of hydrazone groups is 1. The summed E-state index contributed by atoms with van der Waals surface area (Å²) in [5, 5.41) is 7.31. The molecule has 0 fully saturated rings. The Bertz CT molecular complexity index is 621. The normalized spacial score (nSPS) is 14.5. The van der Waals surface area contributed by atoms with Gasteiger partial charge in [0.25, 0.3) is 0 Å². The van der Waals surface area contributed by atoms with Gasteiger partial charge in [-0.05, 0) is 29.8 Å². The smallest absolute Gasteiger partial charge is 0.212 e. The number of ether oxygens (including phenoxy) is 2. The SMILES string of the molecule is C=CC(C=Cc1ccc(OC)c(OC)c1)=NNC1=NCCN1. The Hall–Kier alpha value is -2.76. The molecule has 0 aromatic heterocycles. The third kappa shape index (κ3) is 4.12. The van der Waals surface area contributed by atoms with Gasteiger partial charge in [0.2, 0.25) is 5.96 Å². The molecule has 0 saturated carbocycles. The molecule has 0 spiro atoms. The molecule has 1 heterocycles. The van der Waals surface area contributed by atoms with Crippen molar-refractivity contribution in [2.24, 2.45) is 10.1 Å². The van der Waals surface area contributed by atoms with Crippen molar-refractivity contribution in [3.8, 4) is 11.5 Å². The van der Waals surface area contributed by atoms with E-state index >= 15 is 0 Å². The van der Waals surface area contributed by atoms with E-state index in [1.807, 2.05) is 30.4 Å². The van der Waals surface area contributed by atoms with Gasteiger partial charge in [0.05, 0.1) is 26.5 Å². The highest BCUT2D eigenvalue weighted by molar-refractivity contribution is 6.06. The van der Waals surface area contributed by atoms with E-state index in [-0.39, 0.29) is 0 Å². The van der Waals surface area contributed by atoms with Gasteiger partial charge in [0.15, 0.2) is 11.5 Å². The van der Waals surface area contributed by atoms with E-state index in [0.717, 1.165) is 18.7 Å². The summed E-state index contributed by atoms with van der Waals surface area (Å²) < 4.78 is 10.5. The van der Waals surface area contributed by atoms with Crippen molar-refractivity contribution >= 4 is 17.7 Å². The monoisotopic (exact) mass is 300 g/mol. The predicted molar refractivity (Wildman–Crippen MR) is 89.7 cm³/mol. The van der Waals surface area contributed by atoms with E-state index in [1.165, 1.54) is 0 Å². The maximum Gasteiger partial charge on any atom is 0.212 e. The molecule has 2 rings (SSSR count). The van der Waals surface area contributed by atoms with Crippen molar-refractivity contribution in [3.05, 3.63) is 42.5 Å². The lowest BCUT2D eigenvalue weighted by molar-refractivity contribution is 0.355. The summed E-state index contributed by atoms with van der Waals surface area (Å²) >= 11 is 0. The lowest BCUT2D eigenvalue weighted by atomic mass is 10.1. The number of nitrogens with zero attached hydrogens (tertiary/aromatic N) is 2. The van der Waals surface area contributed by atoms with Crippen molar-refractivity contribution in [1.82, 2.24) is 10.7 Å². The standard InChI is InChI=1S/C16H20N4O2/c1-4-13(19-20-16-17-9-10-18-16)7-5-12-6-8-14(21-2)15(11-12)22-3/h4-8,11H,1,9-10H2,2-3H3,(H2,17,18,20). The van der Waals surface area contributed by atoms with E-state index < -0.39 is 0 Å². The zero-order chi connectivity index (χ0) is 15.8. The van der Waals surface area contributed by atoms with Crippen LogP contribution in [0.15, 0.2) is 47.0 Å². The van der Waals surface area contributed by atoms with E-state index in [0.29, 0.717) is 23.2 Å². The van der Waals surface area contributed by atoms with Gasteiger partial charge in [-0.15, -0.1) is 0 Å². The van der Waals surface area contributed by atoms with E-state index in [2.05, 4.69) is 27.4 Å². The van der Waals surface area contributed by atoms with Gasteiger partial charge in [-0.3, -0.25) is 0 Å². The van der Waals surface area contributed by atoms with Gasteiger partial charge < -0.3 is 14.8 Å². The number of rotatable bonds is 6. The average Bonchev–Trinajstić information content (AvgIpc) is 3.08. The van der Waals surface area contributed by atoms with Gasteiger partial charge in [0.1, 0.15) is 0 Å². The number of aliphatic imine (C=N–C) groups is 1. The van der Waals surface area contributed by atoms with Crippen LogP contribution in [-0.4, -0.2) is 39.0 Å². The van der Waals surface area contributed by atoms with Gasteiger partial charge in [-0.25, -0.2) is 10.4 Å². The molecular weight excluding hydrogens is 280 g/mol. The number of hydrogen-bond acceptors (Lipinski definition) is 6. The molecule has 0 amide bonds. The molecule has 0 aliphatic carbocycles. The summed E-state index contributed by atoms with van der Waals surface area (Å²) in [6.45, 7) is 5.36. The summed E-state index contributed by atoms with van der Waals surface area (Å²) in [5.41, 5.74) is 4.54. The molecule has 0 unspecified atom stereocenters. The first-order chi connectivity index (χ1) is 10.8. The van der Waals surface area contributed by atoms with Gasteiger partial charge in [-0.1, -0.05) is 18.7 Å². The molecule has 0 bridgehead atoms. The Morgan fingerprint density at radius 3 is 2.82 bits per heavy atom. The average molecular weight is 300 g/mol. The zero-order valence-corrected chi connectivity index (χ0v) is 12.8. The predicted octanol–water partition coefficient (Wildman–Crippen LogP) is 1.81. The van der Waals surface area contributed by atoms with Gasteiger partial charge >= 0.3 is 0 Å². The van der Waals surface area contributed by atoms with Crippen LogP contribution in [0.4, 0.5) is 0 Å². The molecule has 116 valence electrons. The molecule has 1 aromatic carbocycles. The highest BCUT2D eigenvalue weighted by Crippen LogP contribution is 2.27. The van der Waals surface area contributed by atoms with Crippen molar-refractivity contribution in [2.45, 2.75) is 0 Å². The fraction of sp³-hybridized carbons (Fsp3) is 0.250. The third-order valence-corrected chi connectivity index (χ3v) is 3.03. The zero-order valence-electron chi connectivity index (χ0n) is 12.8. The summed E-state index contributed by atoms with van der Waals surface area (Å²) in [6, 6.07) is 5.69. The fourth-order valence-corrected chi connectivity index (χ4v) is 1.88. The molecule has 2 N–H and O–H groups in total. The summed E-state index contributed by atoms with van der Waals surface area (Å²) in [5.74, 6) is 2.06. The van der Waals surface area contributed by atoms with Gasteiger partial charge in [-0.2, -0.15) is 5.10 Å². The topological polar surface area (TPSA) is 67.2 Å². The lowest BCUT2D eigenvalue weighted by Gasteiger charge is -2.07. The highest BCUT2D eigenvalue weighted by Gasteiger charge is 2.03. The Balaban J connectivity index is 2.08. The van der Waals surface area contributed by atoms with Crippen LogP contribution in [0.3, 0.4) is 0 Å². The number of allylic oxidation sites excluding steroid dienone is 2. The van der Waals surface area contributed by atoms with Crippen LogP contribution in [0.25, 0.3) is 6.08 Å². The van der Waals surface area contributed by atoms with E-state index in [1.54, 1.807) is 20.3 Å². The molecule has 0 radical (unpaired) electrons. The minimum atomic E-state index is 0.680. The first-order valence-electron chi connectivity index (χ1n) is 6.91. The number of methoxy groups -OCH3 is 2. The minimum absolute atomic E-state index is 0.680. The second-order valence-electron chi connectivity index (χ2n) is 4.46. The van der Waals surface area contributed by atoms with Crippen LogP contribution in [0.1, 0.15) is 5.56 Å². The number of guanidine groups is 1. The van der Waals surface area contributed by atoms with Gasteiger partial charge in [0, 0.05) is 6.54 Å². The maximum absolute atomic E-state index is 5.28. The Morgan fingerprint density at radius 2 is 2.18 bits per heavy atom. The van der Waals surface area contributed by atoms with Crippen LogP contribution in [0.5, 0.6) is 11.5 Å². The number of hydrogen-bond donors (Lipinski definition) is 2. The Morgan fingerprint density at radius 1 is 1.36 bits per heavy atom. The fourth-order valence-electron chi connectivity index (χ4n) is 1.88. The molecular formula is C16H20N4O2. The molecule has 1 aliphatic heterocycles. The lowest BCUT2D eigenvalue weighted by Crippen LogP contribution is -2.30. The molecule has 6 nitrogen and oxygen atoms in total. The summed E-state index contributed by atoms with van der Waals surface area (Å²) in [4.78, 5) is 4.20. The molecule has 6 heteroatoms. The van der Waals surface area contributed by atoms with Crippen molar-refractivity contribution in [1.29, 1.82) is 0 Å². The molecule has 0 atom stereocenters. The Kier molecular flexibility index (Phi) is 5.59. The summed E-state index contributed by atoms with van der Waals surface area (Å²) in [7, 11) is 3.22. The van der Waals surface area contributed by atoms with Crippen LogP contribution in [-0.2, 0) is 0 Å². The molecule has 22 heavy (non-hydrogen) atoms. The second kappa shape index (κ2) is 7.87.